The van der Waals surface area contributed by atoms with Crippen LogP contribution in [0.2, 0.25) is 0 Å². The highest BCUT2D eigenvalue weighted by Gasteiger charge is 2.27. The van der Waals surface area contributed by atoms with Crippen molar-refractivity contribution >= 4 is 5.69 Å². The Morgan fingerprint density at radius 3 is 2.89 bits per heavy atom. The number of benzene rings is 1. The molecule has 1 aromatic rings. The normalized spacial score (nSPS) is 15.1. The summed E-state index contributed by atoms with van der Waals surface area (Å²) in [5.41, 5.74) is 0.845. The Morgan fingerprint density at radius 1 is 1.39 bits per heavy atom. The lowest BCUT2D eigenvalue weighted by Gasteiger charge is -2.21. The van der Waals surface area contributed by atoms with Gasteiger partial charge >= 0.3 is 0 Å². The molecule has 100 valence electrons. The average molecular weight is 252 g/mol. The Morgan fingerprint density at radius 2 is 2.22 bits per heavy atom. The van der Waals surface area contributed by atoms with Gasteiger partial charge in [0, 0.05) is 38.5 Å². The second-order valence-corrected chi connectivity index (χ2v) is 4.70. The van der Waals surface area contributed by atoms with Gasteiger partial charge in [-0.05, 0) is 31.0 Å². The molecular weight excluding hydrogens is 231 g/mol. The van der Waals surface area contributed by atoms with E-state index in [1.165, 1.54) is 25.0 Å². The monoisotopic (exact) mass is 252 g/mol. The van der Waals surface area contributed by atoms with Crippen LogP contribution in [0, 0.1) is 5.82 Å². The largest absolute Gasteiger partial charge is 0.384 e. The topological polar surface area (TPSA) is 24.5 Å². The van der Waals surface area contributed by atoms with Crippen LogP contribution in [0.5, 0.6) is 0 Å². The van der Waals surface area contributed by atoms with E-state index >= 15 is 0 Å². The van der Waals surface area contributed by atoms with Crippen LogP contribution in [0.25, 0.3) is 0 Å². The van der Waals surface area contributed by atoms with E-state index in [4.69, 9.17) is 4.74 Å². The highest BCUT2D eigenvalue weighted by Crippen LogP contribution is 2.26. The second kappa shape index (κ2) is 6.71. The molecular formula is C14H21FN2O. The highest BCUT2D eigenvalue weighted by atomic mass is 19.1. The lowest BCUT2D eigenvalue weighted by atomic mass is 10.3. The summed E-state index contributed by atoms with van der Waals surface area (Å²) in [5.74, 6) is -0.196. The number of nitrogens with zero attached hydrogens (tertiary/aromatic N) is 1. The number of ether oxygens (including phenoxy) is 1. The molecule has 0 amide bonds. The number of nitrogens with one attached hydrogen (secondary N) is 1. The molecule has 1 N–H and O–H groups in total. The lowest BCUT2D eigenvalue weighted by molar-refractivity contribution is 0.146. The van der Waals surface area contributed by atoms with Gasteiger partial charge in [0.25, 0.3) is 0 Å². The molecule has 0 spiro atoms. The van der Waals surface area contributed by atoms with Gasteiger partial charge in [0.15, 0.2) is 0 Å². The van der Waals surface area contributed by atoms with Crippen molar-refractivity contribution in [2.24, 2.45) is 0 Å². The molecule has 0 radical (unpaired) electrons. The summed E-state index contributed by atoms with van der Waals surface area (Å²) in [5, 5.41) is 3.25. The Kier molecular flexibility index (Phi) is 4.96. The molecule has 0 atom stereocenters. The molecule has 1 fully saturated rings. The molecule has 0 heterocycles. The predicted octanol–water partition coefficient (Wildman–Crippen LogP) is 2.35. The van der Waals surface area contributed by atoms with E-state index in [9.17, 15) is 4.39 Å². The van der Waals surface area contributed by atoms with Crippen LogP contribution >= 0.6 is 0 Å². The zero-order valence-electron chi connectivity index (χ0n) is 10.9. The molecule has 0 aliphatic heterocycles. The molecule has 1 aliphatic rings. The summed E-state index contributed by atoms with van der Waals surface area (Å²) in [6, 6.07) is 7.33. The van der Waals surface area contributed by atoms with Gasteiger partial charge in [-0.25, -0.2) is 4.39 Å². The maximum absolute atomic E-state index is 13.0. The quantitative estimate of drug-likeness (QED) is 0.768. The standard InChI is InChI=1S/C14H21FN2O/c1-18-10-9-17(14-5-6-14)8-7-16-13-4-2-3-12(15)11-13/h2-4,11,14,16H,5-10H2,1H3. The van der Waals surface area contributed by atoms with Gasteiger partial charge < -0.3 is 10.1 Å². The van der Waals surface area contributed by atoms with E-state index in [-0.39, 0.29) is 5.82 Å². The summed E-state index contributed by atoms with van der Waals surface area (Å²) in [6.07, 6.45) is 2.59. The molecule has 0 aromatic heterocycles. The maximum atomic E-state index is 13.0. The molecule has 0 bridgehead atoms. The summed E-state index contributed by atoms with van der Waals surface area (Å²) < 4.78 is 18.1. The van der Waals surface area contributed by atoms with Crippen molar-refractivity contribution in [3.8, 4) is 0 Å². The first-order valence-corrected chi connectivity index (χ1v) is 6.52. The van der Waals surface area contributed by atoms with E-state index in [2.05, 4.69) is 10.2 Å². The number of rotatable bonds is 8. The average Bonchev–Trinajstić information content (AvgIpc) is 3.18. The van der Waals surface area contributed by atoms with E-state index in [1.807, 2.05) is 6.07 Å². The Hall–Kier alpha value is -1.13. The predicted molar refractivity (Wildman–Crippen MR) is 71.4 cm³/mol. The van der Waals surface area contributed by atoms with Crippen LogP contribution in [0.15, 0.2) is 24.3 Å². The molecule has 1 aliphatic carbocycles. The van der Waals surface area contributed by atoms with Crippen molar-refractivity contribution in [2.45, 2.75) is 18.9 Å². The third kappa shape index (κ3) is 4.27. The van der Waals surface area contributed by atoms with Crippen molar-refractivity contribution in [1.29, 1.82) is 0 Å². The molecule has 0 unspecified atom stereocenters. The van der Waals surface area contributed by atoms with Gasteiger partial charge in [0.2, 0.25) is 0 Å². The van der Waals surface area contributed by atoms with Crippen LogP contribution < -0.4 is 5.32 Å². The van der Waals surface area contributed by atoms with E-state index in [0.29, 0.717) is 0 Å². The van der Waals surface area contributed by atoms with Crippen molar-refractivity contribution in [1.82, 2.24) is 4.90 Å². The number of hydrogen-bond donors (Lipinski definition) is 1. The van der Waals surface area contributed by atoms with Gasteiger partial charge in [-0.2, -0.15) is 0 Å². The fourth-order valence-corrected chi connectivity index (χ4v) is 2.07. The number of hydrogen-bond acceptors (Lipinski definition) is 3. The minimum atomic E-state index is -0.196. The Bertz CT molecular complexity index is 369. The van der Waals surface area contributed by atoms with Crippen molar-refractivity contribution in [2.75, 3.05) is 38.7 Å². The van der Waals surface area contributed by atoms with Crippen LogP contribution in [0.1, 0.15) is 12.8 Å². The lowest BCUT2D eigenvalue weighted by Crippen LogP contribution is -2.33. The number of halogens is 1. The van der Waals surface area contributed by atoms with Gasteiger partial charge in [-0.15, -0.1) is 0 Å². The van der Waals surface area contributed by atoms with E-state index in [0.717, 1.165) is 38.0 Å². The second-order valence-electron chi connectivity index (χ2n) is 4.70. The fourth-order valence-electron chi connectivity index (χ4n) is 2.07. The summed E-state index contributed by atoms with van der Waals surface area (Å²) >= 11 is 0. The smallest absolute Gasteiger partial charge is 0.125 e. The summed E-state index contributed by atoms with van der Waals surface area (Å²) in [4.78, 5) is 2.44. The van der Waals surface area contributed by atoms with Gasteiger partial charge in [-0.3, -0.25) is 4.90 Å². The number of methoxy groups -OCH3 is 1. The van der Waals surface area contributed by atoms with Gasteiger partial charge in [0.1, 0.15) is 5.82 Å². The SMILES string of the molecule is COCCN(CCNc1cccc(F)c1)C1CC1. The first-order valence-electron chi connectivity index (χ1n) is 6.52. The summed E-state index contributed by atoms with van der Waals surface area (Å²) in [7, 11) is 1.73. The Labute approximate surface area is 108 Å². The highest BCUT2D eigenvalue weighted by molar-refractivity contribution is 5.42. The number of anilines is 1. The summed E-state index contributed by atoms with van der Waals surface area (Å²) in [6.45, 7) is 3.57. The molecule has 0 saturated heterocycles. The van der Waals surface area contributed by atoms with Crippen LogP contribution in [-0.4, -0.2) is 44.3 Å². The molecule has 3 nitrogen and oxygen atoms in total. The van der Waals surface area contributed by atoms with E-state index < -0.39 is 0 Å². The first kappa shape index (κ1) is 13.3. The third-order valence-corrected chi connectivity index (χ3v) is 3.20. The van der Waals surface area contributed by atoms with E-state index in [1.54, 1.807) is 13.2 Å². The van der Waals surface area contributed by atoms with Gasteiger partial charge in [0.05, 0.1) is 6.61 Å². The minimum absolute atomic E-state index is 0.196. The zero-order chi connectivity index (χ0) is 12.8. The fraction of sp³-hybridized carbons (Fsp3) is 0.571. The van der Waals surface area contributed by atoms with Crippen LogP contribution in [0.4, 0.5) is 10.1 Å². The molecule has 18 heavy (non-hydrogen) atoms. The molecule has 1 aromatic carbocycles. The minimum Gasteiger partial charge on any atom is -0.384 e. The van der Waals surface area contributed by atoms with Crippen molar-refractivity contribution in [3.63, 3.8) is 0 Å². The zero-order valence-corrected chi connectivity index (χ0v) is 10.9. The van der Waals surface area contributed by atoms with Crippen LogP contribution in [-0.2, 0) is 4.74 Å². The maximum Gasteiger partial charge on any atom is 0.125 e. The first-order chi connectivity index (χ1) is 8.79. The third-order valence-electron chi connectivity index (χ3n) is 3.20. The molecule has 4 heteroatoms. The van der Waals surface area contributed by atoms with Crippen molar-refractivity contribution < 1.29 is 9.13 Å². The molecule has 2 rings (SSSR count). The van der Waals surface area contributed by atoms with Crippen molar-refractivity contribution in [3.05, 3.63) is 30.1 Å². The van der Waals surface area contributed by atoms with Gasteiger partial charge in [-0.1, -0.05) is 6.07 Å². The van der Waals surface area contributed by atoms with Crippen LogP contribution in [0.3, 0.4) is 0 Å². The molecule has 1 saturated carbocycles. The Balaban J connectivity index is 1.72.